The SMILES string of the molecule is Cc1cc(Cl)n2ncnc(N3CC4(CC(NCc5ccc(SN)cc5)C4)C3)c12. The number of hydrogen-bond acceptors (Lipinski definition) is 6. The van der Waals surface area contributed by atoms with Crippen molar-refractivity contribution in [2.75, 3.05) is 18.0 Å². The van der Waals surface area contributed by atoms with Gasteiger partial charge < -0.3 is 10.2 Å². The molecule has 1 aromatic carbocycles. The summed E-state index contributed by atoms with van der Waals surface area (Å²) in [6.45, 7) is 5.09. The Hall–Kier alpha value is -1.80. The van der Waals surface area contributed by atoms with Crippen molar-refractivity contribution in [3.8, 4) is 0 Å². The number of aryl methyl sites for hydroxylation is 1. The fraction of sp³-hybridized carbons (Fsp3) is 0.400. The molecule has 0 unspecified atom stereocenters. The van der Waals surface area contributed by atoms with Gasteiger partial charge in [-0.15, -0.1) is 0 Å². The molecule has 0 bridgehead atoms. The smallest absolute Gasteiger partial charge is 0.156 e. The zero-order chi connectivity index (χ0) is 19.3. The van der Waals surface area contributed by atoms with Gasteiger partial charge in [0.25, 0.3) is 0 Å². The van der Waals surface area contributed by atoms with Crippen molar-refractivity contribution in [2.24, 2.45) is 10.6 Å². The van der Waals surface area contributed by atoms with E-state index in [0.29, 0.717) is 16.6 Å². The number of hydrogen-bond donors (Lipinski definition) is 2. The lowest BCUT2D eigenvalue weighted by molar-refractivity contribution is 0.0472. The number of fused-ring (bicyclic) bond motifs is 1. The number of nitrogens with two attached hydrogens (primary N) is 1. The highest BCUT2D eigenvalue weighted by atomic mass is 35.5. The average molecular weight is 415 g/mol. The Labute approximate surface area is 173 Å². The Morgan fingerprint density at radius 1 is 1.29 bits per heavy atom. The van der Waals surface area contributed by atoms with Crippen LogP contribution >= 0.6 is 23.5 Å². The van der Waals surface area contributed by atoms with Gasteiger partial charge in [-0.05, 0) is 61.0 Å². The Morgan fingerprint density at radius 3 is 2.75 bits per heavy atom. The van der Waals surface area contributed by atoms with Gasteiger partial charge in [0.15, 0.2) is 5.82 Å². The summed E-state index contributed by atoms with van der Waals surface area (Å²) < 4.78 is 1.78. The minimum Gasteiger partial charge on any atom is -0.354 e. The fourth-order valence-electron chi connectivity index (χ4n) is 4.64. The first-order chi connectivity index (χ1) is 13.6. The van der Waals surface area contributed by atoms with E-state index in [2.05, 4.69) is 51.5 Å². The third-order valence-electron chi connectivity index (χ3n) is 6.05. The summed E-state index contributed by atoms with van der Waals surface area (Å²) in [5.41, 5.74) is 3.88. The van der Waals surface area contributed by atoms with Gasteiger partial charge in [-0.3, -0.25) is 5.14 Å². The molecule has 0 radical (unpaired) electrons. The molecule has 3 N–H and O–H groups in total. The highest BCUT2D eigenvalue weighted by molar-refractivity contribution is 7.97. The minimum absolute atomic E-state index is 0.434. The van der Waals surface area contributed by atoms with Gasteiger partial charge in [0.05, 0.1) is 0 Å². The van der Waals surface area contributed by atoms with E-state index < -0.39 is 0 Å². The Morgan fingerprint density at radius 2 is 2.04 bits per heavy atom. The van der Waals surface area contributed by atoms with Crippen LogP contribution in [-0.4, -0.2) is 33.7 Å². The summed E-state index contributed by atoms with van der Waals surface area (Å²) in [4.78, 5) is 8.00. The number of nitrogens with one attached hydrogen (secondary N) is 1. The number of rotatable bonds is 5. The first-order valence-electron chi connectivity index (χ1n) is 9.50. The number of anilines is 1. The van der Waals surface area contributed by atoms with Gasteiger partial charge in [0, 0.05) is 36.0 Å². The second kappa shape index (κ2) is 6.91. The zero-order valence-corrected chi connectivity index (χ0v) is 17.3. The molecule has 2 aliphatic rings. The minimum atomic E-state index is 0.434. The molecule has 8 heteroatoms. The second-order valence-corrected chi connectivity index (χ2v) is 9.19. The molecule has 3 aromatic rings. The van der Waals surface area contributed by atoms with Crippen LogP contribution < -0.4 is 15.4 Å². The van der Waals surface area contributed by atoms with Crippen molar-refractivity contribution in [2.45, 2.75) is 37.2 Å². The van der Waals surface area contributed by atoms with E-state index in [9.17, 15) is 0 Å². The van der Waals surface area contributed by atoms with Crippen LogP contribution in [0.1, 0.15) is 24.0 Å². The summed E-state index contributed by atoms with van der Waals surface area (Å²) in [5, 5.41) is 14.2. The van der Waals surface area contributed by atoms with Crippen molar-refractivity contribution in [1.29, 1.82) is 0 Å². The lowest BCUT2D eigenvalue weighted by atomic mass is 9.60. The molecule has 1 aliphatic heterocycles. The van der Waals surface area contributed by atoms with Gasteiger partial charge in [0.2, 0.25) is 0 Å². The predicted molar refractivity (Wildman–Crippen MR) is 114 cm³/mol. The largest absolute Gasteiger partial charge is 0.354 e. The molecule has 1 aliphatic carbocycles. The van der Waals surface area contributed by atoms with Crippen LogP contribution in [-0.2, 0) is 6.54 Å². The first kappa shape index (κ1) is 18.2. The van der Waals surface area contributed by atoms with Crippen molar-refractivity contribution in [3.05, 3.63) is 52.9 Å². The lowest BCUT2D eigenvalue weighted by Crippen LogP contribution is -2.66. The standard InChI is InChI=1S/C20H23ClN6S/c1-13-6-17(21)27-18(13)19(24-12-25-27)26-10-20(11-26)7-15(8-20)23-9-14-2-4-16(28-22)5-3-14/h2-6,12,15,23H,7-11,22H2,1H3. The van der Waals surface area contributed by atoms with Crippen LogP contribution in [0.3, 0.4) is 0 Å². The molecule has 146 valence electrons. The molecule has 5 rings (SSSR count). The molecule has 1 saturated heterocycles. The van der Waals surface area contributed by atoms with Crippen LogP contribution in [0.25, 0.3) is 5.52 Å². The monoisotopic (exact) mass is 414 g/mol. The predicted octanol–water partition coefficient (Wildman–Crippen LogP) is 3.42. The maximum atomic E-state index is 6.27. The van der Waals surface area contributed by atoms with Crippen molar-refractivity contribution in [3.63, 3.8) is 0 Å². The molecule has 6 nitrogen and oxygen atoms in total. The number of benzene rings is 1. The van der Waals surface area contributed by atoms with Crippen molar-refractivity contribution >= 4 is 34.9 Å². The summed E-state index contributed by atoms with van der Waals surface area (Å²) in [6, 6.07) is 11.0. The molecule has 1 spiro atoms. The first-order valence-corrected chi connectivity index (χ1v) is 10.8. The molecule has 1 saturated carbocycles. The van der Waals surface area contributed by atoms with Gasteiger partial charge in [0.1, 0.15) is 17.0 Å². The summed E-state index contributed by atoms with van der Waals surface area (Å²) in [5.74, 6) is 0.999. The van der Waals surface area contributed by atoms with Crippen LogP contribution in [0, 0.1) is 12.3 Å². The van der Waals surface area contributed by atoms with E-state index in [-0.39, 0.29) is 0 Å². The van der Waals surface area contributed by atoms with Crippen LogP contribution in [0.2, 0.25) is 5.15 Å². The quantitative estimate of drug-likeness (QED) is 0.623. The van der Waals surface area contributed by atoms with Crippen molar-refractivity contribution in [1.82, 2.24) is 19.9 Å². The lowest BCUT2D eigenvalue weighted by Gasteiger charge is -2.59. The zero-order valence-electron chi connectivity index (χ0n) is 15.7. The maximum absolute atomic E-state index is 6.27. The van der Waals surface area contributed by atoms with Gasteiger partial charge >= 0.3 is 0 Å². The Kier molecular flexibility index (Phi) is 4.50. The molecule has 3 heterocycles. The normalized spacial score (nSPS) is 18.5. The molecule has 0 atom stereocenters. The van der Waals surface area contributed by atoms with E-state index in [1.54, 1.807) is 10.8 Å². The maximum Gasteiger partial charge on any atom is 0.156 e. The average Bonchev–Trinajstić information content (AvgIpc) is 2.94. The van der Waals surface area contributed by atoms with Crippen LogP contribution in [0.5, 0.6) is 0 Å². The van der Waals surface area contributed by atoms with Gasteiger partial charge in [-0.1, -0.05) is 23.7 Å². The summed E-state index contributed by atoms with van der Waals surface area (Å²) in [6.07, 6.45) is 4.04. The third kappa shape index (κ3) is 3.06. The number of nitrogens with zero attached hydrogens (tertiary/aromatic N) is 4. The van der Waals surface area contributed by atoms with Gasteiger partial charge in [-0.2, -0.15) is 5.10 Å². The van der Waals surface area contributed by atoms with E-state index in [1.807, 2.05) is 6.07 Å². The van der Waals surface area contributed by atoms with Crippen LogP contribution in [0.4, 0.5) is 5.82 Å². The fourth-order valence-corrected chi connectivity index (χ4v) is 5.23. The van der Waals surface area contributed by atoms with E-state index in [0.717, 1.165) is 41.4 Å². The second-order valence-electron chi connectivity index (χ2n) is 8.10. The molecular weight excluding hydrogens is 392 g/mol. The third-order valence-corrected chi connectivity index (χ3v) is 6.86. The van der Waals surface area contributed by atoms with Crippen LogP contribution in [0.15, 0.2) is 41.6 Å². The number of halogens is 1. The topological polar surface area (TPSA) is 71.5 Å². The van der Waals surface area contributed by atoms with E-state index >= 15 is 0 Å². The summed E-state index contributed by atoms with van der Waals surface area (Å²) in [7, 11) is 0. The Bertz CT molecular complexity index is 1000. The molecule has 2 fully saturated rings. The number of aromatic nitrogens is 3. The molecular formula is C20H23ClN6S. The van der Waals surface area contributed by atoms with E-state index in [4.69, 9.17) is 16.7 Å². The molecule has 0 amide bonds. The van der Waals surface area contributed by atoms with Crippen molar-refractivity contribution < 1.29 is 0 Å². The van der Waals surface area contributed by atoms with Gasteiger partial charge in [-0.25, -0.2) is 9.50 Å². The van der Waals surface area contributed by atoms with E-state index in [1.165, 1.54) is 30.4 Å². The molecule has 28 heavy (non-hydrogen) atoms. The Balaban J connectivity index is 1.17. The molecule has 2 aromatic heterocycles. The summed E-state index contributed by atoms with van der Waals surface area (Å²) >= 11 is 7.56. The highest BCUT2D eigenvalue weighted by Crippen LogP contribution is 2.50. The highest BCUT2D eigenvalue weighted by Gasteiger charge is 2.52.